The van der Waals surface area contributed by atoms with Gasteiger partial charge in [0.1, 0.15) is 12.4 Å². The van der Waals surface area contributed by atoms with Crippen LogP contribution in [0.4, 0.5) is 0 Å². The Morgan fingerprint density at radius 1 is 1.03 bits per heavy atom. The van der Waals surface area contributed by atoms with Gasteiger partial charge in [-0.1, -0.05) is 25.5 Å². The Bertz CT molecular complexity index is 808. The third-order valence-corrected chi connectivity index (χ3v) is 8.40. The number of ketones is 1. The molecule has 0 heterocycles. The molecule has 158 valence electrons. The Hall–Kier alpha value is -1.91. The van der Waals surface area contributed by atoms with Crippen LogP contribution in [-0.2, 0) is 23.9 Å². The molecule has 0 aliphatic heterocycles. The van der Waals surface area contributed by atoms with Gasteiger partial charge in [-0.25, -0.2) is 0 Å². The zero-order valence-corrected chi connectivity index (χ0v) is 18.0. The van der Waals surface area contributed by atoms with Gasteiger partial charge in [-0.3, -0.25) is 14.4 Å². The lowest BCUT2D eigenvalue weighted by Gasteiger charge is -2.56. The van der Waals surface area contributed by atoms with E-state index >= 15 is 0 Å². The number of carbonyl (C=O) groups is 3. The number of fused-ring (bicyclic) bond motifs is 5. The van der Waals surface area contributed by atoms with Crippen LogP contribution in [0.5, 0.6) is 0 Å². The molecule has 5 nitrogen and oxygen atoms in total. The predicted molar refractivity (Wildman–Crippen MR) is 107 cm³/mol. The van der Waals surface area contributed by atoms with E-state index in [1.807, 2.05) is 0 Å². The minimum Gasteiger partial charge on any atom is -0.462 e. The topological polar surface area (TPSA) is 69.7 Å². The van der Waals surface area contributed by atoms with Crippen molar-refractivity contribution in [1.29, 1.82) is 0 Å². The van der Waals surface area contributed by atoms with Crippen LogP contribution in [0.3, 0.4) is 0 Å². The summed E-state index contributed by atoms with van der Waals surface area (Å²) in [6, 6.07) is 0. The fraction of sp³-hybridized carbons (Fsp3) is 0.708. The summed E-state index contributed by atoms with van der Waals surface area (Å²) in [6.07, 6.45) is 10.2. The second-order valence-corrected chi connectivity index (χ2v) is 9.98. The molecular weight excluding hydrogens is 368 g/mol. The number of rotatable bonds is 2. The van der Waals surface area contributed by atoms with Crippen LogP contribution in [-0.4, -0.2) is 23.8 Å². The Morgan fingerprint density at radius 2 is 1.76 bits per heavy atom. The summed E-state index contributed by atoms with van der Waals surface area (Å²) >= 11 is 0. The van der Waals surface area contributed by atoms with E-state index in [2.05, 4.69) is 19.9 Å². The summed E-state index contributed by atoms with van der Waals surface area (Å²) in [5.41, 5.74) is 1.91. The molecule has 0 aromatic carbocycles. The highest BCUT2D eigenvalue weighted by Gasteiger charge is 2.60. The summed E-state index contributed by atoms with van der Waals surface area (Å²) in [7, 11) is 0. The molecule has 0 saturated heterocycles. The molecule has 3 saturated carbocycles. The van der Waals surface area contributed by atoms with E-state index in [1.54, 1.807) is 0 Å². The average Bonchev–Trinajstić information content (AvgIpc) is 2.91. The quantitative estimate of drug-likeness (QED) is 0.295. The summed E-state index contributed by atoms with van der Waals surface area (Å²) in [5.74, 6) is 0.917. The van der Waals surface area contributed by atoms with Gasteiger partial charge in [0.25, 0.3) is 0 Å². The van der Waals surface area contributed by atoms with Gasteiger partial charge in [0.2, 0.25) is 0 Å². The first kappa shape index (κ1) is 20.4. The minimum atomic E-state index is -0.384. The number of Topliss-reactive ketones (excluding diaryl/α,β-unsaturated/α-hetero) is 1. The van der Waals surface area contributed by atoms with E-state index < -0.39 is 0 Å². The van der Waals surface area contributed by atoms with Crippen molar-refractivity contribution in [3.05, 3.63) is 23.5 Å². The molecular formula is C24H32O5. The maximum absolute atomic E-state index is 13.1. The molecule has 4 rings (SSSR count). The molecule has 6 atom stereocenters. The highest BCUT2D eigenvalue weighted by atomic mass is 16.5. The van der Waals surface area contributed by atoms with Crippen LogP contribution in [0.1, 0.15) is 72.6 Å². The Labute approximate surface area is 172 Å². The molecule has 0 unspecified atom stereocenters. The second kappa shape index (κ2) is 7.10. The van der Waals surface area contributed by atoms with Crippen molar-refractivity contribution in [1.82, 2.24) is 0 Å². The Morgan fingerprint density at radius 3 is 2.45 bits per heavy atom. The SMILES string of the molecule is CC(=O)OC=C1C[C@H]2[C@@H]3CC=C4C[C@@H](OC(C)=O)CC[C@]4(C)[C@H]3CC[C@]2(C)C1=O. The fourth-order valence-electron chi connectivity index (χ4n) is 6.89. The third kappa shape index (κ3) is 3.27. The monoisotopic (exact) mass is 400 g/mol. The summed E-state index contributed by atoms with van der Waals surface area (Å²) in [6.45, 7) is 7.35. The first-order chi connectivity index (χ1) is 13.6. The molecule has 4 aliphatic carbocycles. The van der Waals surface area contributed by atoms with Crippen molar-refractivity contribution in [2.45, 2.75) is 78.7 Å². The van der Waals surface area contributed by atoms with Crippen molar-refractivity contribution in [3.8, 4) is 0 Å². The Balaban J connectivity index is 1.59. The first-order valence-electron chi connectivity index (χ1n) is 10.9. The summed E-state index contributed by atoms with van der Waals surface area (Å²) in [5, 5.41) is 0. The van der Waals surface area contributed by atoms with E-state index in [1.165, 1.54) is 25.7 Å². The van der Waals surface area contributed by atoms with Gasteiger partial charge in [-0.05, 0) is 61.7 Å². The summed E-state index contributed by atoms with van der Waals surface area (Å²) in [4.78, 5) is 35.7. The van der Waals surface area contributed by atoms with Crippen LogP contribution in [0.25, 0.3) is 0 Å². The smallest absolute Gasteiger partial charge is 0.307 e. The number of hydrogen-bond donors (Lipinski definition) is 0. The highest BCUT2D eigenvalue weighted by molar-refractivity contribution is 6.02. The van der Waals surface area contributed by atoms with E-state index in [9.17, 15) is 14.4 Å². The van der Waals surface area contributed by atoms with Crippen molar-refractivity contribution >= 4 is 17.7 Å². The van der Waals surface area contributed by atoms with Crippen LogP contribution in [0, 0.1) is 28.6 Å². The lowest BCUT2D eigenvalue weighted by molar-refractivity contribution is -0.148. The van der Waals surface area contributed by atoms with E-state index in [-0.39, 0.29) is 34.7 Å². The van der Waals surface area contributed by atoms with Gasteiger partial charge < -0.3 is 9.47 Å². The van der Waals surface area contributed by atoms with Crippen LogP contribution in [0.15, 0.2) is 23.5 Å². The van der Waals surface area contributed by atoms with Gasteiger partial charge in [0.05, 0.1) is 0 Å². The van der Waals surface area contributed by atoms with Crippen molar-refractivity contribution in [2.75, 3.05) is 0 Å². The number of allylic oxidation sites excluding steroid dienone is 2. The predicted octanol–water partition coefficient (Wildman–Crippen LogP) is 4.51. The van der Waals surface area contributed by atoms with Crippen molar-refractivity contribution in [3.63, 3.8) is 0 Å². The van der Waals surface area contributed by atoms with Gasteiger partial charge in [0, 0.05) is 31.3 Å². The highest BCUT2D eigenvalue weighted by Crippen LogP contribution is 2.64. The van der Waals surface area contributed by atoms with E-state index in [4.69, 9.17) is 9.47 Å². The molecule has 0 N–H and O–H groups in total. The van der Waals surface area contributed by atoms with Crippen molar-refractivity contribution in [2.24, 2.45) is 28.6 Å². The fourth-order valence-corrected chi connectivity index (χ4v) is 6.89. The van der Waals surface area contributed by atoms with Crippen LogP contribution in [0.2, 0.25) is 0 Å². The largest absolute Gasteiger partial charge is 0.462 e. The molecule has 4 aliphatic rings. The zero-order valence-electron chi connectivity index (χ0n) is 18.0. The maximum Gasteiger partial charge on any atom is 0.307 e. The standard InChI is InChI=1S/C24H32O5/c1-14(25)28-13-16-11-21-19-6-5-17-12-18(29-15(2)26)7-9-23(17,3)20(19)8-10-24(21,4)22(16)27/h5,13,18-21H,6-12H2,1-4H3/t18-,19+,20-,21-,23-,24-/m0/s1. The third-order valence-electron chi connectivity index (χ3n) is 8.40. The number of esters is 2. The molecule has 0 aromatic rings. The second-order valence-electron chi connectivity index (χ2n) is 9.98. The lowest BCUT2D eigenvalue weighted by atomic mass is 9.48. The van der Waals surface area contributed by atoms with Crippen molar-refractivity contribution < 1.29 is 23.9 Å². The molecule has 0 radical (unpaired) electrons. The normalized spacial score (nSPS) is 42.4. The molecule has 0 amide bonds. The van der Waals surface area contributed by atoms with Gasteiger partial charge >= 0.3 is 11.9 Å². The molecule has 0 bridgehead atoms. The van der Waals surface area contributed by atoms with Gasteiger partial charge in [-0.15, -0.1) is 0 Å². The molecule has 29 heavy (non-hydrogen) atoms. The number of ether oxygens (including phenoxy) is 2. The minimum absolute atomic E-state index is 0.00329. The first-order valence-corrected chi connectivity index (χ1v) is 10.9. The van der Waals surface area contributed by atoms with Gasteiger partial charge in [0.15, 0.2) is 5.78 Å². The van der Waals surface area contributed by atoms with E-state index in [0.29, 0.717) is 29.7 Å². The summed E-state index contributed by atoms with van der Waals surface area (Å²) < 4.78 is 10.6. The van der Waals surface area contributed by atoms with E-state index in [0.717, 1.165) is 38.5 Å². The number of carbonyl (C=O) groups excluding carboxylic acids is 3. The zero-order chi connectivity index (χ0) is 21.0. The number of hydrogen-bond acceptors (Lipinski definition) is 5. The molecule has 5 heteroatoms. The maximum atomic E-state index is 13.1. The molecule has 0 spiro atoms. The molecule has 3 fully saturated rings. The lowest BCUT2D eigenvalue weighted by Crippen LogP contribution is -2.50. The van der Waals surface area contributed by atoms with Crippen LogP contribution >= 0.6 is 0 Å². The Kier molecular flexibility index (Phi) is 4.99. The molecule has 0 aromatic heterocycles. The average molecular weight is 401 g/mol. The van der Waals surface area contributed by atoms with Crippen LogP contribution < -0.4 is 0 Å². The van der Waals surface area contributed by atoms with Gasteiger partial charge in [-0.2, -0.15) is 0 Å².